The van der Waals surface area contributed by atoms with Gasteiger partial charge in [-0.05, 0) is 0 Å². The third-order valence-corrected chi connectivity index (χ3v) is 1.87. The van der Waals surface area contributed by atoms with Crippen LogP contribution >= 0.6 is 11.3 Å². The van der Waals surface area contributed by atoms with Gasteiger partial charge in [0, 0.05) is 5.41 Å². The van der Waals surface area contributed by atoms with Crippen molar-refractivity contribution in [3.05, 3.63) is 5.51 Å². The highest BCUT2D eigenvalue weighted by Crippen LogP contribution is 2.17. The Morgan fingerprint density at radius 2 is 2.25 bits per heavy atom. The van der Waals surface area contributed by atoms with Crippen molar-refractivity contribution < 1.29 is 4.79 Å². The van der Waals surface area contributed by atoms with Crippen LogP contribution in [0.2, 0.25) is 0 Å². The number of anilines is 1. The Kier molecular flexibility index (Phi) is 2.42. The molecular formula is C7H11N3OS. The largest absolute Gasteiger partial charge is 0.300 e. The molecular weight excluding hydrogens is 174 g/mol. The molecule has 0 aliphatic carbocycles. The number of hydrogen-bond acceptors (Lipinski definition) is 4. The second-order valence-corrected chi connectivity index (χ2v) is 4.28. The number of rotatable bonds is 1. The highest BCUT2D eigenvalue weighted by molar-refractivity contribution is 7.13. The maximum absolute atomic E-state index is 11.4. The van der Waals surface area contributed by atoms with Crippen molar-refractivity contribution in [3.63, 3.8) is 0 Å². The summed E-state index contributed by atoms with van der Waals surface area (Å²) in [5.74, 6) is -0.0424. The summed E-state index contributed by atoms with van der Waals surface area (Å²) in [4.78, 5) is 11.4. The molecule has 1 rings (SSSR count). The number of aromatic nitrogens is 2. The first-order chi connectivity index (χ1) is 5.50. The van der Waals surface area contributed by atoms with Crippen molar-refractivity contribution in [2.45, 2.75) is 20.8 Å². The summed E-state index contributed by atoms with van der Waals surface area (Å²) < 4.78 is 0. The number of carbonyl (C=O) groups excluding carboxylic acids is 1. The van der Waals surface area contributed by atoms with Crippen molar-refractivity contribution >= 4 is 22.4 Å². The summed E-state index contributed by atoms with van der Waals surface area (Å²) >= 11 is 1.31. The van der Waals surface area contributed by atoms with E-state index in [1.807, 2.05) is 20.8 Å². The summed E-state index contributed by atoms with van der Waals surface area (Å²) in [5, 5.41) is 10.5. The number of amides is 1. The molecule has 0 saturated carbocycles. The predicted octanol–water partition coefficient (Wildman–Crippen LogP) is 1.52. The van der Waals surface area contributed by atoms with Crippen molar-refractivity contribution in [1.29, 1.82) is 0 Å². The molecule has 0 fully saturated rings. The molecule has 0 aliphatic rings. The highest BCUT2D eigenvalue weighted by Gasteiger charge is 2.21. The minimum atomic E-state index is -0.383. The lowest BCUT2D eigenvalue weighted by Gasteiger charge is -2.15. The summed E-state index contributed by atoms with van der Waals surface area (Å²) in [6.07, 6.45) is 0. The first-order valence-corrected chi connectivity index (χ1v) is 4.46. The van der Waals surface area contributed by atoms with E-state index in [1.165, 1.54) is 11.3 Å². The van der Waals surface area contributed by atoms with Crippen molar-refractivity contribution in [3.8, 4) is 0 Å². The van der Waals surface area contributed by atoms with Crippen LogP contribution in [0.4, 0.5) is 5.13 Å². The normalized spacial score (nSPS) is 11.2. The summed E-state index contributed by atoms with van der Waals surface area (Å²) in [5.41, 5.74) is 1.20. The molecule has 0 spiro atoms. The van der Waals surface area contributed by atoms with Crippen LogP contribution in [-0.2, 0) is 4.79 Å². The van der Waals surface area contributed by atoms with Gasteiger partial charge in [-0.15, -0.1) is 10.2 Å². The molecule has 1 heterocycles. The Hall–Kier alpha value is -0.970. The van der Waals surface area contributed by atoms with Crippen molar-refractivity contribution in [2.75, 3.05) is 5.32 Å². The standard InChI is InChI=1S/C7H11N3OS/c1-7(2,3)5(11)9-6-10-8-4-12-6/h4H,1-3H3,(H,9,10,11). The lowest BCUT2D eigenvalue weighted by atomic mass is 9.96. The van der Waals surface area contributed by atoms with Gasteiger partial charge in [-0.25, -0.2) is 0 Å². The molecule has 1 N–H and O–H groups in total. The topological polar surface area (TPSA) is 54.9 Å². The Balaban J connectivity index is 2.60. The van der Waals surface area contributed by atoms with Gasteiger partial charge in [-0.3, -0.25) is 4.79 Å². The molecule has 5 heteroatoms. The summed E-state index contributed by atoms with van der Waals surface area (Å²) in [7, 11) is 0. The van der Waals surface area contributed by atoms with Gasteiger partial charge in [0.05, 0.1) is 0 Å². The molecule has 0 radical (unpaired) electrons. The van der Waals surface area contributed by atoms with E-state index in [-0.39, 0.29) is 11.3 Å². The molecule has 0 saturated heterocycles. The van der Waals surface area contributed by atoms with Crippen LogP contribution < -0.4 is 5.32 Å². The quantitative estimate of drug-likeness (QED) is 0.721. The molecule has 1 amide bonds. The first kappa shape index (κ1) is 9.12. The van der Waals surface area contributed by atoms with Crippen LogP contribution in [0, 0.1) is 5.41 Å². The third-order valence-electron chi connectivity index (χ3n) is 1.26. The average molecular weight is 185 g/mol. The number of nitrogens with one attached hydrogen (secondary N) is 1. The van der Waals surface area contributed by atoms with E-state index >= 15 is 0 Å². The van der Waals surface area contributed by atoms with Gasteiger partial charge in [-0.2, -0.15) is 0 Å². The van der Waals surface area contributed by atoms with Crippen molar-refractivity contribution in [1.82, 2.24) is 10.2 Å². The van der Waals surface area contributed by atoms with Gasteiger partial charge < -0.3 is 5.32 Å². The van der Waals surface area contributed by atoms with Gasteiger partial charge in [0.15, 0.2) is 0 Å². The van der Waals surface area contributed by atoms with Gasteiger partial charge >= 0.3 is 0 Å². The van der Waals surface area contributed by atoms with Crippen LogP contribution in [0.1, 0.15) is 20.8 Å². The van der Waals surface area contributed by atoms with Gasteiger partial charge in [0.2, 0.25) is 11.0 Å². The number of hydrogen-bond donors (Lipinski definition) is 1. The van der Waals surface area contributed by atoms with Crippen LogP contribution in [0.3, 0.4) is 0 Å². The van der Waals surface area contributed by atoms with E-state index in [1.54, 1.807) is 5.51 Å². The first-order valence-electron chi connectivity index (χ1n) is 3.58. The second-order valence-electron chi connectivity index (χ2n) is 3.45. The van der Waals surface area contributed by atoms with E-state index in [0.29, 0.717) is 5.13 Å². The zero-order chi connectivity index (χ0) is 9.19. The van der Waals surface area contributed by atoms with E-state index in [9.17, 15) is 4.79 Å². The van der Waals surface area contributed by atoms with E-state index in [4.69, 9.17) is 0 Å². The molecule has 0 bridgehead atoms. The second kappa shape index (κ2) is 3.18. The maximum Gasteiger partial charge on any atom is 0.231 e. The third kappa shape index (κ3) is 2.27. The molecule has 0 unspecified atom stereocenters. The van der Waals surface area contributed by atoms with Gasteiger partial charge in [-0.1, -0.05) is 32.1 Å². The summed E-state index contributed by atoms with van der Waals surface area (Å²) in [6.45, 7) is 5.55. The molecule has 12 heavy (non-hydrogen) atoms. The molecule has 66 valence electrons. The molecule has 4 nitrogen and oxygen atoms in total. The lowest BCUT2D eigenvalue weighted by Crippen LogP contribution is -2.27. The fourth-order valence-corrected chi connectivity index (χ4v) is 0.952. The van der Waals surface area contributed by atoms with Crippen LogP contribution in [0.25, 0.3) is 0 Å². The van der Waals surface area contributed by atoms with Crippen molar-refractivity contribution in [2.24, 2.45) is 5.41 Å². The van der Waals surface area contributed by atoms with E-state index in [2.05, 4.69) is 15.5 Å². The number of nitrogens with zero attached hydrogens (tertiary/aromatic N) is 2. The van der Waals surface area contributed by atoms with E-state index < -0.39 is 0 Å². The van der Waals surface area contributed by atoms with E-state index in [0.717, 1.165) is 0 Å². The van der Waals surface area contributed by atoms with Crippen LogP contribution in [0.15, 0.2) is 5.51 Å². The van der Waals surface area contributed by atoms with Gasteiger partial charge in [0.1, 0.15) is 5.51 Å². The zero-order valence-electron chi connectivity index (χ0n) is 7.29. The zero-order valence-corrected chi connectivity index (χ0v) is 8.10. The molecule has 0 atom stereocenters. The average Bonchev–Trinajstić information content (AvgIpc) is 2.37. The maximum atomic E-state index is 11.4. The lowest BCUT2D eigenvalue weighted by molar-refractivity contribution is -0.123. The Morgan fingerprint density at radius 3 is 2.67 bits per heavy atom. The Labute approximate surface area is 75.0 Å². The number of carbonyl (C=O) groups is 1. The monoisotopic (exact) mass is 185 g/mol. The summed E-state index contributed by atoms with van der Waals surface area (Å²) in [6, 6.07) is 0. The fraction of sp³-hybridized carbons (Fsp3) is 0.571. The minimum absolute atomic E-state index is 0.0424. The van der Waals surface area contributed by atoms with Crippen LogP contribution in [-0.4, -0.2) is 16.1 Å². The van der Waals surface area contributed by atoms with Gasteiger partial charge in [0.25, 0.3) is 0 Å². The molecule has 0 aromatic carbocycles. The smallest absolute Gasteiger partial charge is 0.231 e. The minimum Gasteiger partial charge on any atom is -0.300 e. The fourth-order valence-electron chi connectivity index (χ4n) is 0.512. The molecule has 1 aromatic heterocycles. The van der Waals surface area contributed by atoms with Crippen LogP contribution in [0.5, 0.6) is 0 Å². The molecule has 0 aliphatic heterocycles. The highest BCUT2D eigenvalue weighted by atomic mass is 32.1. The molecule has 1 aromatic rings. The Morgan fingerprint density at radius 1 is 1.58 bits per heavy atom. The predicted molar refractivity (Wildman–Crippen MR) is 48.0 cm³/mol. The Bertz CT molecular complexity index is 263. The SMILES string of the molecule is CC(C)(C)C(=O)Nc1nncs1.